The number of rotatable bonds is 5. The molecule has 32 heavy (non-hydrogen) atoms. The molecule has 1 saturated carbocycles. The summed E-state index contributed by atoms with van der Waals surface area (Å²) in [7, 11) is 0. The molecule has 0 amide bonds. The van der Waals surface area contributed by atoms with Gasteiger partial charge in [0, 0.05) is 6.20 Å². The predicted molar refractivity (Wildman–Crippen MR) is 127 cm³/mol. The Balaban J connectivity index is 1.88. The topological polar surface area (TPSA) is 41.6 Å². The van der Waals surface area contributed by atoms with Gasteiger partial charge in [0.1, 0.15) is 5.54 Å². The van der Waals surface area contributed by atoms with Crippen molar-refractivity contribution in [3.8, 4) is 6.07 Å². The predicted octanol–water partition coefficient (Wildman–Crippen LogP) is 6.45. The second kappa shape index (κ2) is 8.48. The van der Waals surface area contributed by atoms with Gasteiger partial charge in [0.25, 0.3) is 0 Å². The number of nitriles is 1. The van der Waals surface area contributed by atoms with Gasteiger partial charge in [-0.2, -0.15) is 5.26 Å². The second-order valence-electron chi connectivity index (χ2n) is 8.71. The summed E-state index contributed by atoms with van der Waals surface area (Å²) in [5, 5.41) is 10.4. The molecule has 0 saturated heterocycles. The first-order valence-electron chi connectivity index (χ1n) is 11.4. The van der Waals surface area contributed by atoms with E-state index in [1.165, 1.54) is 6.42 Å². The SMILES string of the molecule is N#CC1(c2cncn2C(c2ccccc2)(c2ccccc2)c2ccccc2)CCCCC1. The van der Waals surface area contributed by atoms with Crippen molar-refractivity contribution in [1.82, 2.24) is 9.55 Å². The lowest BCUT2D eigenvalue weighted by molar-refractivity contribution is 0.334. The molecule has 4 aromatic rings. The maximum Gasteiger partial charge on any atom is 0.121 e. The highest BCUT2D eigenvalue weighted by atomic mass is 15.1. The van der Waals surface area contributed by atoms with Crippen molar-refractivity contribution in [2.75, 3.05) is 0 Å². The monoisotopic (exact) mass is 417 g/mol. The Hall–Kier alpha value is -3.64. The zero-order valence-corrected chi connectivity index (χ0v) is 18.2. The van der Waals surface area contributed by atoms with E-state index in [2.05, 4.69) is 107 Å². The molecular formula is C29H27N3. The minimum absolute atomic E-state index is 0.516. The summed E-state index contributed by atoms with van der Waals surface area (Å²) in [6.45, 7) is 0. The van der Waals surface area contributed by atoms with Gasteiger partial charge in [-0.15, -0.1) is 0 Å². The average molecular weight is 418 g/mol. The van der Waals surface area contributed by atoms with Crippen molar-refractivity contribution in [2.24, 2.45) is 0 Å². The standard InChI is InChI=1S/C29H27N3/c30-22-28(19-11-4-12-20-28)27-21-31-23-32(27)29(24-13-5-1-6-14-24,25-15-7-2-8-16-25)26-17-9-3-10-18-26/h1-3,5-10,13-18,21,23H,4,11-12,19-20H2. The summed E-state index contributed by atoms with van der Waals surface area (Å²) in [4.78, 5) is 4.64. The minimum atomic E-state index is -0.628. The highest BCUT2D eigenvalue weighted by molar-refractivity contribution is 5.52. The van der Waals surface area contributed by atoms with Crippen molar-refractivity contribution in [3.63, 3.8) is 0 Å². The maximum atomic E-state index is 10.4. The van der Waals surface area contributed by atoms with Gasteiger partial charge < -0.3 is 4.57 Å². The summed E-state index contributed by atoms with van der Waals surface area (Å²) in [6, 6.07) is 34.5. The zero-order valence-electron chi connectivity index (χ0n) is 18.2. The van der Waals surface area contributed by atoms with E-state index in [9.17, 15) is 5.26 Å². The molecular weight excluding hydrogens is 390 g/mol. The summed E-state index contributed by atoms with van der Waals surface area (Å²) in [5.41, 5.74) is 3.33. The molecule has 1 aliphatic carbocycles. The third kappa shape index (κ3) is 3.15. The fourth-order valence-corrected chi connectivity index (χ4v) is 5.45. The number of nitrogens with zero attached hydrogens (tertiary/aromatic N) is 3. The second-order valence-corrected chi connectivity index (χ2v) is 8.71. The van der Waals surface area contributed by atoms with Crippen molar-refractivity contribution >= 4 is 0 Å². The van der Waals surface area contributed by atoms with Crippen LogP contribution in [0.2, 0.25) is 0 Å². The van der Waals surface area contributed by atoms with Crippen LogP contribution in [-0.2, 0) is 11.0 Å². The largest absolute Gasteiger partial charge is 0.314 e. The van der Waals surface area contributed by atoms with Gasteiger partial charge in [0.05, 0.1) is 23.5 Å². The van der Waals surface area contributed by atoms with Gasteiger partial charge in [-0.3, -0.25) is 0 Å². The molecule has 0 atom stereocenters. The lowest BCUT2D eigenvalue weighted by atomic mass is 9.71. The Morgan fingerprint density at radius 2 is 1.19 bits per heavy atom. The third-order valence-corrected chi connectivity index (χ3v) is 6.99. The van der Waals surface area contributed by atoms with E-state index in [-0.39, 0.29) is 0 Å². The summed E-state index contributed by atoms with van der Waals surface area (Å²) in [5.74, 6) is 0. The normalized spacial score (nSPS) is 15.7. The quantitative estimate of drug-likeness (QED) is 0.350. The molecule has 0 radical (unpaired) electrons. The van der Waals surface area contributed by atoms with Crippen LogP contribution in [0.1, 0.15) is 54.5 Å². The van der Waals surface area contributed by atoms with E-state index in [1.54, 1.807) is 0 Å². The van der Waals surface area contributed by atoms with E-state index in [4.69, 9.17) is 0 Å². The molecule has 0 aliphatic heterocycles. The van der Waals surface area contributed by atoms with Crippen LogP contribution in [0.15, 0.2) is 104 Å². The lowest BCUT2D eigenvalue weighted by Gasteiger charge is -2.41. The van der Waals surface area contributed by atoms with Crippen LogP contribution in [-0.4, -0.2) is 9.55 Å². The van der Waals surface area contributed by atoms with Gasteiger partial charge in [0.2, 0.25) is 0 Å². The molecule has 0 spiro atoms. The molecule has 0 N–H and O–H groups in total. The molecule has 1 aromatic heterocycles. The van der Waals surface area contributed by atoms with Crippen LogP contribution >= 0.6 is 0 Å². The Morgan fingerprint density at radius 1 is 0.719 bits per heavy atom. The van der Waals surface area contributed by atoms with Gasteiger partial charge in [-0.1, -0.05) is 110 Å². The molecule has 1 aliphatic rings. The summed E-state index contributed by atoms with van der Waals surface area (Å²) < 4.78 is 2.28. The number of hydrogen-bond donors (Lipinski definition) is 0. The Labute approximate surface area is 190 Å². The third-order valence-electron chi connectivity index (χ3n) is 6.99. The molecule has 3 heteroatoms. The zero-order chi connectivity index (χ0) is 21.9. The van der Waals surface area contributed by atoms with E-state index < -0.39 is 11.0 Å². The molecule has 158 valence electrons. The number of hydrogen-bond acceptors (Lipinski definition) is 2. The Kier molecular flexibility index (Phi) is 5.37. The van der Waals surface area contributed by atoms with Crippen LogP contribution in [0.4, 0.5) is 0 Å². The first-order chi connectivity index (χ1) is 15.8. The summed E-state index contributed by atoms with van der Waals surface area (Å²) in [6.07, 6.45) is 8.96. The van der Waals surface area contributed by atoms with Crippen molar-refractivity contribution in [1.29, 1.82) is 5.26 Å². The van der Waals surface area contributed by atoms with Crippen molar-refractivity contribution in [2.45, 2.75) is 43.1 Å². The number of imidazole rings is 1. The summed E-state index contributed by atoms with van der Waals surface area (Å²) >= 11 is 0. The molecule has 5 rings (SSSR count). The molecule has 3 nitrogen and oxygen atoms in total. The van der Waals surface area contributed by atoms with E-state index >= 15 is 0 Å². The lowest BCUT2D eigenvalue weighted by Crippen LogP contribution is -2.42. The fourth-order valence-electron chi connectivity index (χ4n) is 5.45. The minimum Gasteiger partial charge on any atom is -0.314 e. The Bertz CT molecular complexity index is 1100. The van der Waals surface area contributed by atoms with Crippen LogP contribution in [0.3, 0.4) is 0 Å². The number of benzene rings is 3. The maximum absolute atomic E-state index is 10.4. The average Bonchev–Trinajstić information content (AvgIpc) is 3.38. The molecule has 0 bridgehead atoms. The van der Waals surface area contributed by atoms with E-state index in [1.807, 2.05) is 12.5 Å². The molecule has 0 unspecified atom stereocenters. The van der Waals surface area contributed by atoms with Gasteiger partial charge in [-0.05, 0) is 29.5 Å². The van der Waals surface area contributed by atoms with E-state index in [0.717, 1.165) is 48.1 Å². The molecule has 1 heterocycles. The van der Waals surface area contributed by atoms with Gasteiger partial charge in [-0.25, -0.2) is 4.98 Å². The van der Waals surface area contributed by atoms with Crippen LogP contribution in [0.5, 0.6) is 0 Å². The molecule has 1 fully saturated rings. The smallest absolute Gasteiger partial charge is 0.121 e. The first kappa shape index (κ1) is 20.3. The van der Waals surface area contributed by atoms with Crippen molar-refractivity contribution in [3.05, 3.63) is 126 Å². The van der Waals surface area contributed by atoms with Crippen molar-refractivity contribution < 1.29 is 0 Å². The Morgan fingerprint density at radius 3 is 1.62 bits per heavy atom. The van der Waals surface area contributed by atoms with Crippen LogP contribution < -0.4 is 0 Å². The first-order valence-corrected chi connectivity index (χ1v) is 11.4. The highest BCUT2D eigenvalue weighted by Gasteiger charge is 2.44. The van der Waals surface area contributed by atoms with Crippen LogP contribution in [0.25, 0.3) is 0 Å². The van der Waals surface area contributed by atoms with Gasteiger partial charge >= 0.3 is 0 Å². The van der Waals surface area contributed by atoms with Gasteiger partial charge in [0.15, 0.2) is 0 Å². The number of aromatic nitrogens is 2. The highest BCUT2D eigenvalue weighted by Crippen LogP contribution is 2.46. The van der Waals surface area contributed by atoms with E-state index in [0.29, 0.717) is 0 Å². The van der Waals surface area contributed by atoms with Crippen LogP contribution in [0, 0.1) is 11.3 Å². The molecule has 3 aromatic carbocycles. The fraction of sp³-hybridized carbons (Fsp3) is 0.241.